The van der Waals surface area contributed by atoms with Crippen LogP contribution in [0.1, 0.15) is 53.1 Å². The molecule has 2 aliphatic rings. The molecule has 2 fully saturated rings. The van der Waals surface area contributed by atoms with Crippen LogP contribution in [0, 0.1) is 25.5 Å². The number of hydrogen-bond donors (Lipinski definition) is 1. The van der Waals surface area contributed by atoms with Crippen LogP contribution in [0.15, 0.2) is 17.1 Å². The van der Waals surface area contributed by atoms with E-state index >= 15 is 8.78 Å². The van der Waals surface area contributed by atoms with E-state index < -0.39 is 28.6 Å². The number of hydrogen-bond acceptors (Lipinski definition) is 5. The molecular formula is C21H21F2N5O3. The zero-order chi connectivity index (χ0) is 22.0. The lowest BCUT2D eigenvalue weighted by Gasteiger charge is -2.22. The molecule has 1 aromatic carbocycles. The van der Waals surface area contributed by atoms with Crippen molar-refractivity contribution in [3.8, 4) is 0 Å². The summed E-state index contributed by atoms with van der Waals surface area (Å²) in [4.78, 5) is 25.7. The smallest absolute Gasteiger partial charge is 0.341 e. The molecule has 1 saturated heterocycles. The number of fused-ring (bicyclic) bond motifs is 1. The van der Waals surface area contributed by atoms with Crippen molar-refractivity contribution in [1.82, 2.24) is 19.6 Å². The first kappa shape index (κ1) is 19.7. The van der Waals surface area contributed by atoms with Crippen molar-refractivity contribution >= 4 is 22.6 Å². The first-order chi connectivity index (χ1) is 14.8. The van der Waals surface area contributed by atoms with Crippen molar-refractivity contribution < 1.29 is 18.7 Å². The Kier molecular flexibility index (Phi) is 4.35. The molecular weight excluding hydrogens is 408 g/mol. The van der Waals surface area contributed by atoms with Crippen LogP contribution in [0.2, 0.25) is 0 Å². The first-order valence-electron chi connectivity index (χ1n) is 10.2. The van der Waals surface area contributed by atoms with Crippen LogP contribution in [-0.4, -0.2) is 43.7 Å². The zero-order valence-electron chi connectivity index (χ0n) is 17.1. The van der Waals surface area contributed by atoms with Crippen LogP contribution < -0.4 is 10.3 Å². The van der Waals surface area contributed by atoms with Crippen LogP contribution in [0.5, 0.6) is 0 Å². The highest BCUT2D eigenvalue weighted by Gasteiger charge is 2.34. The Morgan fingerprint density at radius 3 is 2.55 bits per heavy atom. The number of anilines is 1. The van der Waals surface area contributed by atoms with Gasteiger partial charge in [0.2, 0.25) is 5.43 Å². The molecule has 1 atom stereocenters. The van der Waals surface area contributed by atoms with E-state index in [0.29, 0.717) is 19.5 Å². The van der Waals surface area contributed by atoms with Gasteiger partial charge in [-0.2, -0.15) is 0 Å². The minimum absolute atomic E-state index is 0.0369. The minimum Gasteiger partial charge on any atom is -0.477 e. The highest BCUT2D eigenvalue weighted by atomic mass is 19.1. The number of pyridine rings is 1. The standard InChI is InChI=1S/C21H21F2N5O3/c1-10-11(2)28(25-24-10)13-5-6-26(8-13)19-16(22)7-14-18(17(19)23)27(12-3-4-12)9-15(20(14)29)21(30)31/h7,9,12-13H,3-6,8H2,1-2H3,(H,30,31). The van der Waals surface area contributed by atoms with Gasteiger partial charge in [-0.1, -0.05) is 5.21 Å². The molecule has 8 nitrogen and oxygen atoms in total. The van der Waals surface area contributed by atoms with E-state index in [1.807, 2.05) is 13.8 Å². The maximum absolute atomic E-state index is 15.7. The number of carboxylic acids is 1. The third kappa shape index (κ3) is 3.00. The van der Waals surface area contributed by atoms with Crippen LogP contribution in [0.3, 0.4) is 0 Å². The number of rotatable bonds is 4. The minimum atomic E-state index is -1.41. The number of aromatic carboxylic acids is 1. The van der Waals surface area contributed by atoms with E-state index in [1.54, 1.807) is 9.58 Å². The van der Waals surface area contributed by atoms with Gasteiger partial charge in [0.25, 0.3) is 0 Å². The van der Waals surface area contributed by atoms with Gasteiger partial charge in [-0.25, -0.2) is 18.3 Å². The highest BCUT2D eigenvalue weighted by molar-refractivity contribution is 5.94. The topological polar surface area (TPSA) is 93.2 Å². The molecule has 1 aliphatic carbocycles. The van der Waals surface area contributed by atoms with Crippen molar-refractivity contribution in [3.63, 3.8) is 0 Å². The van der Waals surface area contributed by atoms with Crippen molar-refractivity contribution in [2.24, 2.45) is 0 Å². The van der Waals surface area contributed by atoms with Gasteiger partial charge >= 0.3 is 5.97 Å². The molecule has 3 heterocycles. The second-order valence-electron chi connectivity index (χ2n) is 8.33. The predicted molar refractivity (Wildman–Crippen MR) is 109 cm³/mol. The summed E-state index contributed by atoms with van der Waals surface area (Å²) in [6, 6.07) is 0.802. The van der Waals surface area contributed by atoms with Gasteiger partial charge in [-0.3, -0.25) is 4.79 Å². The lowest BCUT2D eigenvalue weighted by Crippen LogP contribution is -2.25. The zero-order valence-corrected chi connectivity index (χ0v) is 17.1. The highest BCUT2D eigenvalue weighted by Crippen LogP contribution is 2.40. The summed E-state index contributed by atoms with van der Waals surface area (Å²) in [5.74, 6) is -3.12. The SMILES string of the molecule is Cc1nnn(C2CCN(c3c(F)cc4c(=O)c(C(=O)O)cn(C5CC5)c4c3F)C2)c1C. The third-order valence-electron chi connectivity index (χ3n) is 6.34. The van der Waals surface area contributed by atoms with E-state index in [9.17, 15) is 14.7 Å². The lowest BCUT2D eigenvalue weighted by molar-refractivity contribution is 0.0694. The maximum atomic E-state index is 15.7. The van der Waals surface area contributed by atoms with Gasteiger partial charge in [-0.15, -0.1) is 5.10 Å². The average molecular weight is 429 g/mol. The van der Waals surface area contributed by atoms with Crippen molar-refractivity contribution in [2.45, 2.75) is 45.2 Å². The Bertz CT molecular complexity index is 1290. The molecule has 0 radical (unpaired) electrons. The van der Waals surface area contributed by atoms with E-state index in [1.165, 1.54) is 10.8 Å². The average Bonchev–Trinajstić information content (AvgIpc) is 3.37. The maximum Gasteiger partial charge on any atom is 0.341 e. The fourth-order valence-electron chi connectivity index (χ4n) is 4.43. The second-order valence-corrected chi connectivity index (χ2v) is 8.33. The van der Waals surface area contributed by atoms with Gasteiger partial charge in [0, 0.05) is 25.3 Å². The van der Waals surface area contributed by atoms with Gasteiger partial charge in [0.05, 0.1) is 28.3 Å². The van der Waals surface area contributed by atoms with Gasteiger partial charge in [0.1, 0.15) is 17.1 Å². The van der Waals surface area contributed by atoms with Gasteiger partial charge < -0.3 is 14.6 Å². The summed E-state index contributed by atoms with van der Waals surface area (Å²) in [6.45, 7) is 4.54. The normalized spacial score (nSPS) is 18.8. The molecule has 1 N–H and O–H groups in total. The van der Waals surface area contributed by atoms with E-state index in [-0.39, 0.29) is 28.7 Å². The molecule has 10 heteroatoms. The Morgan fingerprint density at radius 1 is 1.19 bits per heavy atom. The molecule has 162 valence electrons. The molecule has 0 bridgehead atoms. The summed E-state index contributed by atoms with van der Waals surface area (Å²) in [5.41, 5.74) is 0.131. The third-order valence-corrected chi connectivity index (χ3v) is 6.34. The predicted octanol–water partition coefficient (Wildman–Crippen LogP) is 2.97. The Labute approximate surface area is 175 Å². The van der Waals surface area contributed by atoms with Crippen molar-refractivity contribution in [3.05, 3.63) is 51.1 Å². The molecule has 0 spiro atoms. The number of carboxylic acid groups (broad SMARTS) is 1. The number of aromatic nitrogens is 4. The molecule has 1 saturated carbocycles. The first-order valence-corrected chi connectivity index (χ1v) is 10.2. The fraction of sp³-hybridized carbons (Fsp3) is 0.429. The monoisotopic (exact) mass is 429 g/mol. The number of aryl methyl sites for hydroxylation is 1. The summed E-state index contributed by atoms with van der Waals surface area (Å²) in [5, 5.41) is 17.3. The lowest BCUT2D eigenvalue weighted by atomic mass is 10.1. The Morgan fingerprint density at radius 2 is 1.94 bits per heavy atom. The Balaban J connectivity index is 1.63. The summed E-state index contributed by atoms with van der Waals surface area (Å²) < 4.78 is 34.1. The van der Waals surface area contributed by atoms with Gasteiger partial charge in [-0.05, 0) is 39.2 Å². The van der Waals surface area contributed by atoms with E-state index in [0.717, 1.165) is 30.3 Å². The van der Waals surface area contributed by atoms with E-state index in [4.69, 9.17) is 0 Å². The Hall–Kier alpha value is -3.30. The number of nitrogens with zero attached hydrogens (tertiary/aromatic N) is 5. The molecule has 31 heavy (non-hydrogen) atoms. The second kappa shape index (κ2) is 6.86. The quantitative estimate of drug-likeness (QED) is 0.686. The molecule has 5 rings (SSSR count). The van der Waals surface area contributed by atoms with Crippen LogP contribution in [0.4, 0.5) is 14.5 Å². The summed E-state index contributed by atoms with van der Waals surface area (Å²) in [6.07, 6.45) is 3.33. The number of carbonyl (C=O) groups is 1. The molecule has 1 unspecified atom stereocenters. The molecule has 0 amide bonds. The summed E-state index contributed by atoms with van der Waals surface area (Å²) in [7, 11) is 0. The van der Waals surface area contributed by atoms with Crippen LogP contribution in [0.25, 0.3) is 10.9 Å². The van der Waals surface area contributed by atoms with Gasteiger partial charge in [0.15, 0.2) is 5.82 Å². The number of benzene rings is 1. The molecule has 3 aromatic rings. The fourth-order valence-corrected chi connectivity index (χ4v) is 4.43. The number of halogens is 2. The molecule has 2 aromatic heterocycles. The van der Waals surface area contributed by atoms with Crippen molar-refractivity contribution in [1.29, 1.82) is 0 Å². The largest absolute Gasteiger partial charge is 0.477 e. The van der Waals surface area contributed by atoms with Crippen LogP contribution in [-0.2, 0) is 0 Å². The van der Waals surface area contributed by atoms with Crippen molar-refractivity contribution in [2.75, 3.05) is 18.0 Å². The summed E-state index contributed by atoms with van der Waals surface area (Å²) >= 11 is 0. The molecule has 1 aliphatic heterocycles. The van der Waals surface area contributed by atoms with E-state index in [2.05, 4.69) is 10.3 Å². The van der Waals surface area contributed by atoms with Crippen LogP contribution >= 0.6 is 0 Å².